The van der Waals surface area contributed by atoms with Crippen molar-refractivity contribution in [3.63, 3.8) is 0 Å². The molecule has 1 aliphatic rings. The van der Waals surface area contributed by atoms with Gasteiger partial charge in [-0.05, 0) is 24.5 Å². The van der Waals surface area contributed by atoms with E-state index < -0.39 is 0 Å². The molecule has 0 saturated carbocycles. The molecule has 1 saturated heterocycles. The molecule has 0 bridgehead atoms. The van der Waals surface area contributed by atoms with Crippen LogP contribution in [0.4, 0.5) is 4.79 Å². The molecule has 132 valence electrons. The van der Waals surface area contributed by atoms with Gasteiger partial charge in [0.25, 0.3) is 0 Å². The monoisotopic (exact) mass is 343 g/mol. The first-order valence-corrected chi connectivity index (χ1v) is 8.21. The Morgan fingerprint density at radius 3 is 2.92 bits per heavy atom. The number of piperidine rings is 1. The van der Waals surface area contributed by atoms with E-state index in [4.69, 9.17) is 0 Å². The summed E-state index contributed by atoms with van der Waals surface area (Å²) in [5, 5.41) is 9.79. The summed E-state index contributed by atoms with van der Waals surface area (Å²) in [6, 6.07) is 3.61. The fourth-order valence-corrected chi connectivity index (χ4v) is 2.84. The minimum Gasteiger partial charge on any atom is -0.352 e. The normalized spacial score (nSPS) is 17.2. The fraction of sp³-hybridized carbons (Fsp3) is 0.438. The number of nitrogens with one attached hydrogen (secondary N) is 2. The van der Waals surface area contributed by atoms with E-state index in [0.717, 1.165) is 18.4 Å². The number of hydrogen-bond donors (Lipinski definition) is 2. The molecule has 3 amide bonds. The highest BCUT2D eigenvalue weighted by Gasteiger charge is 2.23. The van der Waals surface area contributed by atoms with Gasteiger partial charge in [-0.1, -0.05) is 6.07 Å². The number of aromatic nitrogens is 4. The van der Waals surface area contributed by atoms with Crippen molar-refractivity contribution < 1.29 is 9.59 Å². The van der Waals surface area contributed by atoms with Crippen LogP contribution in [0.5, 0.6) is 0 Å². The minimum absolute atomic E-state index is 0.0284. The van der Waals surface area contributed by atoms with E-state index >= 15 is 0 Å². The topological polar surface area (TPSA) is 105 Å². The highest BCUT2D eigenvalue weighted by molar-refractivity contribution is 5.75. The highest BCUT2D eigenvalue weighted by Crippen LogP contribution is 2.10. The lowest BCUT2D eigenvalue weighted by Crippen LogP contribution is -2.51. The summed E-state index contributed by atoms with van der Waals surface area (Å²) in [5.41, 5.74) is 0.896. The van der Waals surface area contributed by atoms with Crippen molar-refractivity contribution in [2.75, 3.05) is 13.1 Å². The summed E-state index contributed by atoms with van der Waals surface area (Å²) in [6.45, 7) is 3.13. The Labute approximate surface area is 145 Å². The molecule has 0 radical (unpaired) electrons. The molecule has 2 aromatic heterocycles. The molecule has 0 spiro atoms. The van der Waals surface area contributed by atoms with Crippen molar-refractivity contribution in [1.82, 2.24) is 35.3 Å². The molecule has 2 aromatic rings. The standard InChI is InChI=1S/C16H21N7O2/c1-12(24)21-14-3-2-6-22(9-14)16(25)19-8-13-4-5-15(18-7-13)23-11-17-10-20-23/h4-5,7,10-11,14H,2-3,6,8-9H2,1H3,(H,19,25)(H,21,24). The smallest absolute Gasteiger partial charge is 0.317 e. The van der Waals surface area contributed by atoms with Gasteiger partial charge in [-0.15, -0.1) is 0 Å². The number of urea groups is 1. The number of carbonyl (C=O) groups is 2. The number of pyridine rings is 1. The molecule has 0 aromatic carbocycles. The van der Waals surface area contributed by atoms with Crippen LogP contribution >= 0.6 is 0 Å². The maximum absolute atomic E-state index is 12.3. The third-order valence-corrected chi connectivity index (χ3v) is 4.02. The number of amides is 3. The van der Waals surface area contributed by atoms with Crippen LogP contribution in [0.1, 0.15) is 25.3 Å². The second-order valence-corrected chi connectivity index (χ2v) is 6.01. The molecule has 1 unspecified atom stereocenters. The summed E-state index contributed by atoms with van der Waals surface area (Å²) in [5.74, 6) is 0.604. The van der Waals surface area contributed by atoms with E-state index in [2.05, 4.69) is 25.7 Å². The molecule has 3 rings (SSSR count). The first kappa shape index (κ1) is 16.9. The number of likely N-dealkylation sites (tertiary alicyclic amines) is 1. The van der Waals surface area contributed by atoms with E-state index in [1.807, 2.05) is 12.1 Å². The van der Waals surface area contributed by atoms with E-state index in [1.54, 1.807) is 22.1 Å². The zero-order valence-corrected chi connectivity index (χ0v) is 14.1. The molecular weight excluding hydrogens is 322 g/mol. The molecule has 3 heterocycles. The predicted octanol–water partition coefficient (Wildman–Crippen LogP) is 0.472. The van der Waals surface area contributed by atoms with Crippen molar-refractivity contribution in [2.24, 2.45) is 0 Å². The Morgan fingerprint density at radius 1 is 1.36 bits per heavy atom. The van der Waals surface area contributed by atoms with Gasteiger partial charge in [-0.3, -0.25) is 4.79 Å². The largest absolute Gasteiger partial charge is 0.352 e. The lowest BCUT2D eigenvalue weighted by Gasteiger charge is -2.33. The minimum atomic E-state index is -0.129. The average molecular weight is 343 g/mol. The summed E-state index contributed by atoms with van der Waals surface area (Å²) in [6.07, 6.45) is 6.51. The van der Waals surface area contributed by atoms with Crippen molar-refractivity contribution in [3.8, 4) is 5.82 Å². The lowest BCUT2D eigenvalue weighted by molar-refractivity contribution is -0.119. The number of nitrogens with zero attached hydrogens (tertiary/aromatic N) is 5. The van der Waals surface area contributed by atoms with E-state index in [0.29, 0.717) is 25.5 Å². The van der Waals surface area contributed by atoms with Crippen molar-refractivity contribution in [1.29, 1.82) is 0 Å². The van der Waals surface area contributed by atoms with Crippen LogP contribution in [-0.4, -0.2) is 55.7 Å². The molecule has 1 aliphatic heterocycles. The van der Waals surface area contributed by atoms with Crippen LogP contribution in [0, 0.1) is 0 Å². The maximum atomic E-state index is 12.3. The third kappa shape index (κ3) is 4.52. The summed E-state index contributed by atoms with van der Waals surface area (Å²) >= 11 is 0. The summed E-state index contributed by atoms with van der Waals surface area (Å²) in [7, 11) is 0. The molecular formula is C16H21N7O2. The zero-order chi connectivity index (χ0) is 17.6. The molecule has 1 atom stereocenters. The van der Waals surface area contributed by atoms with Gasteiger partial charge in [-0.25, -0.2) is 19.4 Å². The predicted molar refractivity (Wildman–Crippen MR) is 89.8 cm³/mol. The van der Waals surface area contributed by atoms with Gasteiger partial charge in [0.2, 0.25) is 5.91 Å². The lowest BCUT2D eigenvalue weighted by atomic mass is 10.1. The van der Waals surface area contributed by atoms with Gasteiger partial charge in [0.1, 0.15) is 12.7 Å². The van der Waals surface area contributed by atoms with Crippen molar-refractivity contribution in [2.45, 2.75) is 32.4 Å². The Balaban J connectivity index is 1.51. The van der Waals surface area contributed by atoms with E-state index in [1.165, 1.54) is 13.3 Å². The maximum Gasteiger partial charge on any atom is 0.317 e. The van der Waals surface area contributed by atoms with Crippen molar-refractivity contribution >= 4 is 11.9 Å². The SMILES string of the molecule is CC(=O)NC1CCCN(C(=O)NCc2ccc(-n3cncn3)nc2)C1. The Morgan fingerprint density at radius 2 is 2.24 bits per heavy atom. The molecule has 2 N–H and O–H groups in total. The fourth-order valence-electron chi connectivity index (χ4n) is 2.84. The Kier molecular flexibility index (Phi) is 5.22. The Hall–Kier alpha value is -2.97. The molecule has 9 nitrogen and oxygen atoms in total. The molecule has 0 aliphatic carbocycles. The van der Waals surface area contributed by atoms with Crippen LogP contribution < -0.4 is 10.6 Å². The zero-order valence-electron chi connectivity index (χ0n) is 14.1. The van der Waals surface area contributed by atoms with Crippen LogP contribution in [0.15, 0.2) is 31.0 Å². The number of carbonyl (C=O) groups excluding carboxylic acids is 2. The second-order valence-electron chi connectivity index (χ2n) is 6.01. The van der Waals surface area contributed by atoms with E-state index in [-0.39, 0.29) is 18.0 Å². The summed E-state index contributed by atoms with van der Waals surface area (Å²) in [4.78, 5) is 33.4. The molecule has 9 heteroatoms. The van der Waals surface area contributed by atoms with Crippen LogP contribution in [0.3, 0.4) is 0 Å². The van der Waals surface area contributed by atoms with Gasteiger partial charge < -0.3 is 15.5 Å². The molecule has 25 heavy (non-hydrogen) atoms. The Bertz CT molecular complexity index is 715. The van der Waals surface area contributed by atoms with Crippen LogP contribution in [0.25, 0.3) is 5.82 Å². The quantitative estimate of drug-likeness (QED) is 0.840. The highest BCUT2D eigenvalue weighted by atomic mass is 16.2. The van der Waals surface area contributed by atoms with Gasteiger partial charge in [0.05, 0.1) is 0 Å². The first-order valence-electron chi connectivity index (χ1n) is 8.21. The van der Waals surface area contributed by atoms with Crippen LogP contribution in [-0.2, 0) is 11.3 Å². The number of rotatable bonds is 4. The van der Waals surface area contributed by atoms with Gasteiger partial charge in [-0.2, -0.15) is 5.10 Å². The van der Waals surface area contributed by atoms with Gasteiger partial charge in [0, 0.05) is 38.8 Å². The third-order valence-electron chi connectivity index (χ3n) is 4.02. The van der Waals surface area contributed by atoms with Crippen molar-refractivity contribution in [3.05, 3.63) is 36.5 Å². The first-order chi connectivity index (χ1) is 12.1. The number of hydrogen-bond acceptors (Lipinski definition) is 5. The van der Waals surface area contributed by atoms with Crippen LogP contribution in [0.2, 0.25) is 0 Å². The summed E-state index contributed by atoms with van der Waals surface area (Å²) < 4.78 is 1.57. The van der Waals surface area contributed by atoms with E-state index in [9.17, 15) is 9.59 Å². The molecule has 1 fully saturated rings. The second kappa shape index (κ2) is 7.73. The average Bonchev–Trinajstić information content (AvgIpc) is 3.14. The van der Waals surface area contributed by atoms with Gasteiger partial charge in [0.15, 0.2) is 5.82 Å². The van der Waals surface area contributed by atoms with Gasteiger partial charge >= 0.3 is 6.03 Å².